The molecule has 0 saturated carbocycles. The quantitative estimate of drug-likeness (QED) is 0.565. The van der Waals surface area contributed by atoms with E-state index in [1.807, 2.05) is 0 Å². The molecule has 0 bridgehead atoms. The number of anilines is 2. The van der Waals surface area contributed by atoms with Crippen molar-refractivity contribution in [1.29, 1.82) is 0 Å². The molecule has 2 N–H and O–H groups in total. The van der Waals surface area contributed by atoms with Gasteiger partial charge in [0.25, 0.3) is 11.8 Å². The normalized spacial score (nSPS) is 17.8. The lowest BCUT2D eigenvalue weighted by Gasteiger charge is -2.28. The topological polar surface area (TPSA) is 111 Å². The summed E-state index contributed by atoms with van der Waals surface area (Å²) in [6, 6.07) is 14.2. The van der Waals surface area contributed by atoms with Crippen LogP contribution in [0.5, 0.6) is 5.75 Å². The van der Waals surface area contributed by atoms with Gasteiger partial charge in [0.1, 0.15) is 16.8 Å². The summed E-state index contributed by atoms with van der Waals surface area (Å²) >= 11 is 6.04. The molecule has 9 nitrogen and oxygen atoms in total. The molecule has 174 valence electrons. The van der Waals surface area contributed by atoms with Crippen molar-refractivity contribution in [3.05, 3.63) is 65.5 Å². The van der Waals surface area contributed by atoms with Gasteiger partial charge in [0, 0.05) is 30.0 Å². The van der Waals surface area contributed by atoms with Crippen LogP contribution in [0.25, 0.3) is 5.69 Å². The van der Waals surface area contributed by atoms with Gasteiger partial charge in [-0.2, -0.15) is 5.10 Å². The lowest BCUT2D eigenvalue weighted by molar-refractivity contribution is -0.116. The van der Waals surface area contributed by atoms with Gasteiger partial charge in [-0.1, -0.05) is 0 Å². The maximum atomic E-state index is 13.6. The van der Waals surface area contributed by atoms with Gasteiger partial charge in [0.05, 0.1) is 12.8 Å². The molecule has 2 aliphatic rings. The number of ether oxygens (including phenoxy) is 1. The van der Waals surface area contributed by atoms with E-state index >= 15 is 0 Å². The van der Waals surface area contributed by atoms with Gasteiger partial charge in [-0.3, -0.25) is 14.4 Å². The van der Waals surface area contributed by atoms with Crippen molar-refractivity contribution in [2.75, 3.05) is 30.0 Å². The number of carbonyl (C=O) groups is 3. The Morgan fingerprint density at radius 1 is 1.00 bits per heavy atom. The first kappa shape index (κ1) is 22.0. The zero-order valence-corrected chi connectivity index (χ0v) is 19.2. The van der Waals surface area contributed by atoms with E-state index in [-0.39, 0.29) is 17.5 Å². The van der Waals surface area contributed by atoms with Crippen LogP contribution >= 0.6 is 11.6 Å². The Labute approximate surface area is 200 Å². The number of rotatable bonds is 5. The van der Waals surface area contributed by atoms with Crippen LogP contribution in [0.1, 0.15) is 33.0 Å². The van der Waals surface area contributed by atoms with Crippen LogP contribution in [-0.4, -0.2) is 53.1 Å². The third kappa shape index (κ3) is 3.58. The van der Waals surface area contributed by atoms with Crippen molar-refractivity contribution in [2.24, 2.45) is 5.73 Å². The van der Waals surface area contributed by atoms with E-state index in [0.29, 0.717) is 54.3 Å². The van der Waals surface area contributed by atoms with Crippen LogP contribution in [0.2, 0.25) is 0 Å². The molecule has 3 amide bonds. The number of benzene rings is 2. The van der Waals surface area contributed by atoms with Crippen LogP contribution in [0.15, 0.2) is 48.5 Å². The number of alkyl halides is 1. The van der Waals surface area contributed by atoms with E-state index in [4.69, 9.17) is 22.1 Å². The number of halogens is 1. The van der Waals surface area contributed by atoms with E-state index in [0.717, 1.165) is 5.69 Å². The number of nitrogens with two attached hydrogens (primary N) is 1. The molecule has 3 aromatic rings. The summed E-state index contributed by atoms with van der Waals surface area (Å²) in [6.45, 7) is 0.932. The van der Waals surface area contributed by atoms with Crippen molar-refractivity contribution in [3.63, 3.8) is 0 Å². The molecule has 0 radical (unpaired) electrons. The molecule has 5 rings (SSSR count). The SMILES string of the molecule is COc1ccc(-n2nc(C(N)=O)c3c2C(=O)N(c2ccc(N4CCC(Cl)C4=O)cc2)CC3)cc1. The molecule has 1 unspecified atom stereocenters. The van der Waals surface area contributed by atoms with E-state index in [1.54, 1.807) is 65.4 Å². The van der Waals surface area contributed by atoms with Gasteiger partial charge < -0.3 is 20.3 Å². The third-order valence-electron chi connectivity index (χ3n) is 6.18. The molecule has 2 aliphatic heterocycles. The van der Waals surface area contributed by atoms with Crippen molar-refractivity contribution < 1.29 is 19.1 Å². The number of hydrogen-bond donors (Lipinski definition) is 1. The van der Waals surface area contributed by atoms with E-state index < -0.39 is 11.3 Å². The molecule has 10 heteroatoms. The Hall–Kier alpha value is -3.85. The molecule has 34 heavy (non-hydrogen) atoms. The van der Waals surface area contributed by atoms with Crippen molar-refractivity contribution >= 4 is 40.7 Å². The van der Waals surface area contributed by atoms with E-state index in [2.05, 4.69) is 5.10 Å². The second kappa shape index (κ2) is 8.49. The van der Waals surface area contributed by atoms with Crippen LogP contribution < -0.4 is 20.3 Å². The van der Waals surface area contributed by atoms with Crippen LogP contribution in [0, 0.1) is 0 Å². The first-order valence-corrected chi connectivity index (χ1v) is 11.3. The number of aromatic nitrogens is 2. The lowest BCUT2D eigenvalue weighted by atomic mass is 10.0. The number of primary amides is 1. The zero-order valence-electron chi connectivity index (χ0n) is 18.4. The summed E-state index contributed by atoms with van der Waals surface area (Å²) in [6.07, 6.45) is 1.03. The number of fused-ring (bicyclic) bond motifs is 1. The highest BCUT2D eigenvalue weighted by molar-refractivity contribution is 6.33. The largest absolute Gasteiger partial charge is 0.497 e. The van der Waals surface area contributed by atoms with Crippen molar-refractivity contribution in [2.45, 2.75) is 18.2 Å². The summed E-state index contributed by atoms with van der Waals surface area (Å²) in [7, 11) is 1.57. The lowest BCUT2D eigenvalue weighted by Crippen LogP contribution is -2.39. The Kier molecular flexibility index (Phi) is 5.49. The van der Waals surface area contributed by atoms with Gasteiger partial charge in [-0.25, -0.2) is 4.68 Å². The molecule has 1 saturated heterocycles. The first-order chi connectivity index (χ1) is 16.4. The fraction of sp³-hybridized carbons (Fsp3) is 0.250. The third-order valence-corrected chi connectivity index (χ3v) is 6.59. The zero-order chi connectivity index (χ0) is 24.0. The summed E-state index contributed by atoms with van der Waals surface area (Å²) in [5.41, 5.74) is 8.52. The highest BCUT2D eigenvalue weighted by Gasteiger charge is 2.35. The summed E-state index contributed by atoms with van der Waals surface area (Å²) in [4.78, 5) is 41.2. The average molecular weight is 480 g/mol. The second-order valence-electron chi connectivity index (χ2n) is 8.12. The summed E-state index contributed by atoms with van der Waals surface area (Å²) in [5, 5.41) is 3.87. The van der Waals surface area contributed by atoms with Gasteiger partial charge >= 0.3 is 0 Å². The number of nitrogens with zero attached hydrogens (tertiary/aromatic N) is 4. The molecular weight excluding hydrogens is 458 g/mol. The molecular formula is C24H22ClN5O4. The first-order valence-electron chi connectivity index (χ1n) is 10.8. The molecule has 2 aromatic carbocycles. The summed E-state index contributed by atoms with van der Waals surface area (Å²) < 4.78 is 6.66. The molecule has 1 atom stereocenters. The Morgan fingerprint density at radius 2 is 1.62 bits per heavy atom. The number of carbonyl (C=O) groups excluding carboxylic acids is 3. The molecule has 1 aromatic heterocycles. The summed E-state index contributed by atoms with van der Waals surface area (Å²) in [5.74, 6) is -0.426. The van der Waals surface area contributed by atoms with Crippen LogP contribution in [0.3, 0.4) is 0 Å². The molecule has 0 spiro atoms. The minimum atomic E-state index is -0.679. The van der Waals surface area contributed by atoms with Gasteiger partial charge in [0.15, 0.2) is 5.69 Å². The van der Waals surface area contributed by atoms with Gasteiger partial charge in [-0.15, -0.1) is 11.6 Å². The minimum absolute atomic E-state index is 0.0948. The number of hydrogen-bond acceptors (Lipinski definition) is 5. The van der Waals surface area contributed by atoms with Crippen molar-refractivity contribution in [3.8, 4) is 11.4 Å². The van der Waals surface area contributed by atoms with Crippen molar-refractivity contribution in [1.82, 2.24) is 9.78 Å². The highest BCUT2D eigenvalue weighted by atomic mass is 35.5. The maximum absolute atomic E-state index is 13.6. The predicted octanol–water partition coefficient (Wildman–Crippen LogP) is 2.53. The fourth-order valence-corrected chi connectivity index (χ4v) is 4.64. The Morgan fingerprint density at radius 3 is 2.18 bits per heavy atom. The maximum Gasteiger partial charge on any atom is 0.277 e. The van der Waals surface area contributed by atoms with E-state index in [1.165, 1.54) is 4.68 Å². The van der Waals surface area contributed by atoms with E-state index in [9.17, 15) is 14.4 Å². The Bertz CT molecular complexity index is 1290. The predicted molar refractivity (Wildman–Crippen MR) is 127 cm³/mol. The van der Waals surface area contributed by atoms with Crippen LogP contribution in [-0.2, 0) is 11.2 Å². The van der Waals surface area contributed by atoms with Gasteiger partial charge in [-0.05, 0) is 61.4 Å². The number of methoxy groups -OCH3 is 1. The van der Waals surface area contributed by atoms with Gasteiger partial charge in [0.2, 0.25) is 5.91 Å². The monoisotopic (exact) mass is 479 g/mol. The number of amides is 3. The molecule has 3 heterocycles. The van der Waals surface area contributed by atoms with Crippen LogP contribution in [0.4, 0.5) is 11.4 Å². The smallest absolute Gasteiger partial charge is 0.277 e. The fourth-order valence-electron chi connectivity index (χ4n) is 4.43. The molecule has 0 aliphatic carbocycles. The average Bonchev–Trinajstić information content (AvgIpc) is 3.41. The minimum Gasteiger partial charge on any atom is -0.497 e. The second-order valence-corrected chi connectivity index (χ2v) is 8.65. The Balaban J connectivity index is 1.49. The molecule has 1 fully saturated rings. The standard InChI is InChI=1S/C24H22ClN5O4/c1-34-17-8-6-16(7-9-17)30-21-18(20(27-30)22(26)31)10-12-29(24(21)33)15-4-2-14(3-5-15)28-13-11-19(25)23(28)32/h2-9,19H,10-13H2,1H3,(H2,26,31). The highest BCUT2D eigenvalue weighted by Crippen LogP contribution is 2.31.